The Hall–Kier alpha value is -2.38. The Balaban J connectivity index is 1.89. The van der Waals surface area contributed by atoms with Crippen LogP contribution in [0, 0.1) is 0 Å². The van der Waals surface area contributed by atoms with Gasteiger partial charge in [-0.15, -0.1) is 11.3 Å². The number of hydrogen-bond acceptors (Lipinski definition) is 5. The minimum absolute atomic E-state index is 0.00426. The van der Waals surface area contributed by atoms with Gasteiger partial charge >= 0.3 is 0 Å². The van der Waals surface area contributed by atoms with Crippen LogP contribution in [0.5, 0.6) is 5.75 Å². The molecule has 0 unspecified atom stereocenters. The van der Waals surface area contributed by atoms with Crippen LogP contribution >= 0.6 is 27.3 Å². The van der Waals surface area contributed by atoms with Gasteiger partial charge in [0.15, 0.2) is 5.13 Å². The Kier molecular flexibility index (Phi) is 5.58. The Morgan fingerprint density at radius 2 is 1.96 bits per heavy atom. The van der Waals surface area contributed by atoms with Crippen LogP contribution in [-0.4, -0.2) is 17.0 Å². The third kappa shape index (κ3) is 4.42. The third-order valence-corrected chi connectivity index (χ3v) is 4.80. The number of anilines is 2. The number of benzene rings is 2. The van der Waals surface area contributed by atoms with E-state index >= 15 is 0 Å². The van der Waals surface area contributed by atoms with E-state index in [4.69, 9.17) is 10.5 Å². The topological polar surface area (TPSA) is 77.2 Å². The molecule has 2 aromatic carbocycles. The summed E-state index contributed by atoms with van der Waals surface area (Å²) in [5, 5.41) is 5.93. The summed E-state index contributed by atoms with van der Waals surface area (Å²) in [5.41, 5.74) is 8.37. The summed E-state index contributed by atoms with van der Waals surface area (Å²) in [6.07, 6.45) is 0.00426. The van der Waals surface area contributed by atoms with E-state index in [0.29, 0.717) is 22.1 Å². The maximum atomic E-state index is 11.5. The first-order chi connectivity index (χ1) is 12.4. The van der Waals surface area contributed by atoms with Crippen LogP contribution in [0.15, 0.2) is 52.3 Å². The highest BCUT2D eigenvalue weighted by molar-refractivity contribution is 9.10. The molecule has 1 amide bonds. The fourth-order valence-electron chi connectivity index (χ4n) is 2.34. The van der Waals surface area contributed by atoms with Crippen molar-refractivity contribution in [2.24, 2.45) is 5.73 Å². The van der Waals surface area contributed by atoms with Crippen LogP contribution < -0.4 is 15.8 Å². The Morgan fingerprint density at radius 3 is 2.62 bits per heavy atom. The van der Waals surface area contributed by atoms with Crippen molar-refractivity contribution in [2.45, 2.75) is 20.0 Å². The summed E-state index contributed by atoms with van der Waals surface area (Å²) in [6, 6.07) is 13.0. The SMILES string of the molecule is CC(C)Oc1ccc(C(N)=O)cc1Nc1nc(-c2ccc(Br)cc2)cs1. The van der Waals surface area contributed by atoms with E-state index in [-0.39, 0.29) is 6.10 Å². The minimum Gasteiger partial charge on any atom is -0.489 e. The fraction of sp³-hybridized carbons (Fsp3) is 0.158. The molecule has 134 valence electrons. The first-order valence-corrected chi connectivity index (χ1v) is 9.68. The number of primary amides is 1. The largest absolute Gasteiger partial charge is 0.489 e. The van der Waals surface area contributed by atoms with Crippen molar-refractivity contribution in [1.82, 2.24) is 4.98 Å². The van der Waals surface area contributed by atoms with E-state index in [9.17, 15) is 4.79 Å². The number of nitrogens with two attached hydrogens (primary N) is 1. The quantitative estimate of drug-likeness (QED) is 0.561. The highest BCUT2D eigenvalue weighted by Gasteiger charge is 2.12. The molecule has 0 spiro atoms. The highest BCUT2D eigenvalue weighted by Crippen LogP contribution is 2.33. The number of rotatable bonds is 6. The first kappa shape index (κ1) is 18.4. The van der Waals surface area contributed by atoms with Gasteiger partial charge in [-0.3, -0.25) is 4.79 Å². The molecule has 0 saturated carbocycles. The zero-order valence-electron chi connectivity index (χ0n) is 14.3. The number of aromatic nitrogens is 1. The van der Waals surface area contributed by atoms with E-state index < -0.39 is 5.91 Å². The molecule has 0 saturated heterocycles. The number of ether oxygens (including phenoxy) is 1. The van der Waals surface area contributed by atoms with E-state index in [1.807, 2.05) is 43.5 Å². The molecule has 3 aromatic rings. The summed E-state index contributed by atoms with van der Waals surface area (Å²) in [5.74, 6) is 0.157. The molecular formula is C19H18BrN3O2S. The molecule has 0 fully saturated rings. The molecule has 0 radical (unpaired) electrons. The summed E-state index contributed by atoms with van der Waals surface area (Å²) in [6.45, 7) is 3.89. The van der Waals surface area contributed by atoms with E-state index in [1.165, 1.54) is 11.3 Å². The number of halogens is 1. The van der Waals surface area contributed by atoms with Gasteiger partial charge in [0.1, 0.15) is 5.75 Å². The lowest BCUT2D eigenvalue weighted by Gasteiger charge is -2.15. The van der Waals surface area contributed by atoms with Crippen LogP contribution in [0.25, 0.3) is 11.3 Å². The average Bonchev–Trinajstić information content (AvgIpc) is 3.05. The molecule has 0 bridgehead atoms. The van der Waals surface area contributed by atoms with Crippen molar-refractivity contribution >= 4 is 44.0 Å². The van der Waals surface area contributed by atoms with Gasteiger partial charge in [0.2, 0.25) is 5.91 Å². The van der Waals surface area contributed by atoms with Crippen molar-refractivity contribution in [3.63, 3.8) is 0 Å². The summed E-state index contributed by atoms with van der Waals surface area (Å²) < 4.78 is 6.84. The number of carbonyl (C=O) groups excluding carboxylic acids is 1. The molecule has 5 nitrogen and oxygen atoms in total. The van der Waals surface area contributed by atoms with Crippen LogP contribution in [0.1, 0.15) is 24.2 Å². The molecule has 0 aliphatic heterocycles. The number of amides is 1. The molecule has 3 rings (SSSR count). The van der Waals surface area contributed by atoms with E-state index in [0.717, 1.165) is 15.7 Å². The summed E-state index contributed by atoms with van der Waals surface area (Å²) in [4.78, 5) is 16.1. The number of hydrogen-bond donors (Lipinski definition) is 2. The molecule has 7 heteroatoms. The zero-order valence-corrected chi connectivity index (χ0v) is 16.7. The number of carbonyl (C=O) groups is 1. The number of nitrogens with one attached hydrogen (secondary N) is 1. The lowest BCUT2D eigenvalue weighted by atomic mass is 10.1. The smallest absolute Gasteiger partial charge is 0.248 e. The van der Waals surface area contributed by atoms with Crippen molar-refractivity contribution in [2.75, 3.05) is 5.32 Å². The third-order valence-electron chi connectivity index (χ3n) is 3.51. The van der Waals surface area contributed by atoms with Crippen LogP contribution in [0.2, 0.25) is 0 Å². The second kappa shape index (κ2) is 7.88. The number of thiazole rings is 1. The second-order valence-electron chi connectivity index (χ2n) is 5.91. The summed E-state index contributed by atoms with van der Waals surface area (Å²) >= 11 is 4.91. The van der Waals surface area contributed by atoms with Gasteiger partial charge in [-0.05, 0) is 44.2 Å². The summed E-state index contributed by atoms with van der Waals surface area (Å²) in [7, 11) is 0. The van der Waals surface area contributed by atoms with Gasteiger partial charge < -0.3 is 15.8 Å². The fourth-order valence-corrected chi connectivity index (χ4v) is 3.33. The minimum atomic E-state index is -0.487. The average molecular weight is 432 g/mol. The molecule has 26 heavy (non-hydrogen) atoms. The Morgan fingerprint density at radius 1 is 1.23 bits per heavy atom. The van der Waals surface area contributed by atoms with E-state index in [1.54, 1.807) is 18.2 Å². The predicted octanol–water partition coefficient (Wildman–Crippen LogP) is 5.20. The molecule has 0 aliphatic carbocycles. The van der Waals surface area contributed by atoms with Gasteiger partial charge in [0.25, 0.3) is 0 Å². The molecule has 1 heterocycles. The van der Waals surface area contributed by atoms with Crippen molar-refractivity contribution in [1.29, 1.82) is 0 Å². The maximum absolute atomic E-state index is 11.5. The van der Waals surface area contributed by atoms with Crippen LogP contribution in [0.4, 0.5) is 10.8 Å². The van der Waals surface area contributed by atoms with Crippen molar-refractivity contribution < 1.29 is 9.53 Å². The van der Waals surface area contributed by atoms with Gasteiger partial charge in [0, 0.05) is 21.0 Å². The molecule has 3 N–H and O–H groups in total. The molecule has 1 aromatic heterocycles. The van der Waals surface area contributed by atoms with Gasteiger partial charge in [0.05, 0.1) is 17.5 Å². The Labute approximate surface area is 164 Å². The number of nitrogens with zero attached hydrogens (tertiary/aromatic N) is 1. The van der Waals surface area contributed by atoms with Gasteiger partial charge in [-0.25, -0.2) is 4.98 Å². The lowest BCUT2D eigenvalue weighted by molar-refractivity contribution is 0.100. The van der Waals surface area contributed by atoms with E-state index in [2.05, 4.69) is 26.2 Å². The standard InChI is InChI=1S/C19H18BrN3O2S/c1-11(2)25-17-8-5-13(18(21)24)9-15(17)22-19-23-16(10-26-19)12-3-6-14(20)7-4-12/h3-11H,1-2H3,(H2,21,24)(H,22,23). The monoisotopic (exact) mass is 431 g/mol. The predicted molar refractivity (Wildman–Crippen MR) is 109 cm³/mol. The molecule has 0 atom stereocenters. The van der Waals surface area contributed by atoms with Crippen LogP contribution in [-0.2, 0) is 0 Å². The zero-order chi connectivity index (χ0) is 18.7. The molecule has 0 aliphatic rings. The van der Waals surface area contributed by atoms with Crippen molar-refractivity contribution in [3.05, 3.63) is 57.9 Å². The maximum Gasteiger partial charge on any atom is 0.248 e. The first-order valence-electron chi connectivity index (χ1n) is 8.01. The van der Waals surface area contributed by atoms with Crippen LogP contribution in [0.3, 0.4) is 0 Å². The lowest BCUT2D eigenvalue weighted by Crippen LogP contribution is -2.12. The van der Waals surface area contributed by atoms with Gasteiger partial charge in [-0.2, -0.15) is 0 Å². The highest BCUT2D eigenvalue weighted by atomic mass is 79.9. The molecular weight excluding hydrogens is 414 g/mol. The Bertz CT molecular complexity index is 923. The van der Waals surface area contributed by atoms with Crippen molar-refractivity contribution in [3.8, 4) is 17.0 Å². The normalized spacial score (nSPS) is 10.8. The van der Waals surface area contributed by atoms with Gasteiger partial charge in [-0.1, -0.05) is 28.1 Å². The second-order valence-corrected chi connectivity index (χ2v) is 7.69.